The van der Waals surface area contributed by atoms with Crippen LogP contribution in [0.4, 0.5) is 34.1 Å². The lowest BCUT2D eigenvalue weighted by Crippen LogP contribution is -2.32. The Kier molecular flexibility index (Phi) is 17.5. The molecule has 0 radical (unpaired) electrons. The maximum Gasteiger partial charge on any atom is 0.258 e. The number of nitrogens with one attached hydrogen (secondary N) is 4. The Morgan fingerprint density at radius 2 is 0.892 bits per heavy atom. The predicted octanol–water partition coefficient (Wildman–Crippen LogP) is 12.8. The molecule has 0 fully saturated rings. The second kappa shape index (κ2) is 22.7. The van der Waals surface area contributed by atoms with Crippen LogP contribution in [-0.2, 0) is 19.2 Å². The molecule has 0 saturated carbocycles. The van der Waals surface area contributed by atoms with E-state index in [4.69, 9.17) is 58.0 Å². The van der Waals surface area contributed by atoms with Crippen LogP contribution in [0, 0.1) is 0 Å². The lowest BCUT2D eigenvalue weighted by molar-refractivity contribution is -0.127. The number of carbonyl (C=O) groups is 6. The van der Waals surface area contributed by atoms with Crippen LogP contribution in [0.3, 0.4) is 0 Å². The molecule has 5 unspecified atom stereocenters. The molecule has 0 bridgehead atoms. The van der Waals surface area contributed by atoms with Crippen LogP contribution in [0.1, 0.15) is 88.2 Å². The third-order valence-electron chi connectivity index (χ3n) is 9.54. The summed E-state index contributed by atoms with van der Waals surface area (Å²) < 4.78 is 0. The minimum atomic E-state index is -1.63. The number of halogens is 5. The van der Waals surface area contributed by atoms with E-state index in [2.05, 4.69) is 41.7 Å². The topological polar surface area (TPSA) is 200 Å². The Hall–Kier alpha value is -6.03. The van der Waals surface area contributed by atoms with E-state index in [9.17, 15) is 28.8 Å². The molecule has 0 saturated heterocycles. The van der Waals surface area contributed by atoms with Gasteiger partial charge in [-0.25, -0.2) is 0 Å². The highest BCUT2D eigenvalue weighted by Gasteiger charge is 2.27. The molecule has 5 rings (SSSR count). The molecule has 0 spiro atoms. The van der Waals surface area contributed by atoms with Gasteiger partial charge in [-0.05, 0) is 118 Å². The van der Waals surface area contributed by atoms with Crippen molar-refractivity contribution in [1.29, 1.82) is 0 Å². The molecular weight excluding hydrogens is 938 g/mol. The first-order valence-electron chi connectivity index (χ1n) is 19.7. The first-order valence-corrected chi connectivity index (χ1v) is 21.8. The van der Waals surface area contributed by atoms with Gasteiger partial charge in [0, 0.05) is 22.7 Å². The van der Waals surface area contributed by atoms with Gasteiger partial charge in [0.25, 0.3) is 23.6 Å². The fourth-order valence-electron chi connectivity index (χ4n) is 5.98. The van der Waals surface area contributed by atoms with Crippen molar-refractivity contribution in [2.45, 2.75) is 62.8 Å². The maximum absolute atomic E-state index is 13.5. The molecule has 4 amide bonds. The largest absolute Gasteiger partial charge is 0.324 e. The number of ketones is 2. The summed E-state index contributed by atoms with van der Waals surface area (Å²) in [6, 6.07) is 24.0. The summed E-state index contributed by atoms with van der Waals surface area (Å²) in [7, 11) is 0. The zero-order chi connectivity index (χ0) is 47.5. The number of hydrogen-bond acceptors (Lipinski definition) is 10. The average molecular weight is 979 g/mol. The Morgan fingerprint density at radius 3 is 1.28 bits per heavy atom. The first-order chi connectivity index (χ1) is 30.8. The third-order valence-corrected chi connectivity index (χ3v) is 11.1. The Bertz CT molecular complexity index is 2670. The summed E-state index contributed by atoms with van der Waals surface area (Å²) in [4.78, 5) is 78.4. The number of amides is 4. The van der Waals surface area contributed by atoms with Crippen molar-refractivity contribution >= 4 is 127 Å². The number of Topliss-reactive ketones (excluding diaryl/α,β-unsaturated/α-hetero) is 2. The molecule has 4 N–H and O–H groups in total. The van der Waals surface area contributed by atoms with Gasteiger partial charge in [-0.15, -0.1) is 34.8 Å². The van der Waals surface area contributed by atoms with Crippen molar-refractivity contribution in [3.63, 3.8) is 0 Å². The monoisotopic (exact) mass is 976 g/mol. The van der Waals surface area contributed by atoms with Gasteiger partial charge in [-0.3, -0.25) is 28.8 Å². The van der Waals surface area contributed by atoms with E-state index < -0.39 is 52.7 Å². The maximum atomic E-state index is 13.5. The van der Waals surface area contributed by atoms with Crippen LogP contribution in [0.25, 0.3) is 0 Å². The summed E-state index contributed by atoms with van der Waals surface area (Å²) >= 11 is 31.8. The highest BCUT2D eigenvalue weighted by Crippen LogP contribution is 2.34. The zero-order valence-corrected chi connectivity index (χ0v) is 39.1. The summed E-state index contributed by atoms with van der Waals surface area (Å²) in [6.07, 6.45) is 0. The molecular formula is C46H41Cl5N8O6. The lowest BCUT2D eigenvalue weighted by Gasteiger charge is -2.17. The number of rotatable bonds is 17. The van der Waals surface area contributed by atoms with Gasteiger partial charge in [0.05, 0.1) is 37.3 Å². The number of azo groups is 2. The van der Waals surface area contributed by atoms with Crippen LogP contribution in [-0.4, -0.2) is 47.3 Å². The van der Waals surface area contributed by atoms with E-state index >= 15 is 0 Å². The lowest BCUT2D eigenvalue weighted by atomic mass is 10.1. The van der Waals surface area contributed by atoms with Crippen LogP contribution < -0.4 is 21.3 Å². The number of hydrogen-bond donors (Lipinski definition) is 4. The number of carbonyl (C=O) groups excluding carboxylic acids is 6. The number of benzene rings is 5. The van der Waals surface area contributed by atoms with Crippen molar-refractivity contribution in [3.05, 3.63) is 141 Å². The van der Waals surface area contributed by atoms with Crippen molar-refractivity contribution in [1.82, 2.24) is 0 Å². The highest BCUT2D eigenvalue weighted by atomic mass is 35.5. The number of anilines is 4. The molecule has 14 nitrogen and oxygen atoms in total. The van der Waals surface area contributed by atoms with Gasteiger partial charge in [0.2, 0.25) is 12.1 Å². The summed E-state index contributed by atoms with van der Waals surface area (Å²) in [5, 5.41) is 25.5. The van der Waals surface area contributed by atoms with E-state index in [-0.39, 0.29) is 54.7 Å². The van der Waals surface area contributed by atoms with Gasteiger partial charge in [0.15, 0.2) is 11.6 Å². The second-order valence-corrected chi connectivity index (χ2v) is 17.2. The van der Waals surface area contributed by atoms with E-state index in [1.54, 1.807) is 55.5 Å². The summed E-state index contributed by atoms with van der Waals surface area (Å²) in [5.41, 5.74) is 3.68. The fraction of sp³-hybridized carbons (Fsp3) is 0.217. The molecule has 5 aromatic carbocycles. The molecule has 0 aromatic heterocycles. The second-order valence-electron chi connectivity index (χ2n) is 14.5. The van der Waals surface area contributed by atoms with Crippen LogP contribution in [0.5, 0.6) is 0 Å². The van der Waals surface area contributed by atoms with Gasteiger partial charge >= 0.3 is 0 Å². The predicted molar refractivity (Wildman–Crippen MR) is 256 cm³/mol. The zero-order valence-electron chi connectivity index (χ0n) is 35.3. The minimum Gasteiger partial charge on any atom is -0.324 e. The Balaban J connectivity index is 1.27. The van der Waals surface area contributed by atoms with Crippen molar-refractivity contribution in [3.8, 4) is 0 Å². The molecule has 0 aliphatic heterocycles. The number of alkyl halides is 3. The van der Waals surface area contributed by atoms with E-state index in [1.807, 2.05) is 13.8 Å². The minimum absolute atomic E-state index is 0.0304. The fourth-order valence-corrected chi connectivity index (χ4v) is 6.95. The third kappa shape index (κ3) is 13.3. The van der Waals surface area contributed by atoms with E-state index in [1.165, 1.54) is 54.6 Å². The van der Waals surface area contributed by atoms with Crippen molar-refractivity contribution < 1.29 is 28.8 Å². The van der Waals surface area contributed by atoms with Crippen LogP contribution >= 0.6 is 58.0 Å². The summed E-state index contributed by atoms with van der Waals surface area (Å²) in [6.45, 7) is 7.59. The van der Waals surface area contributed by atoms with Gasteiger partial charge in [-0.2, -0.15) is 20.5 Å². The van der Waals surface area contributed by atoms with Gasteiger partial charge in [-0.1, -0.05) is 59.6 Å². The molecule has 19 heteroatoms. The van der Waals surface area contributed by atoms with E-state index in [0.29, 0.717) is 16.9 Å². The van der Waals surface area contributed by atoms with Crippen molar-refractivity contribution in [2.75, 3.05) is 21.3 Å². The molecule has 5 aromatic rings. The number of nitrogens with zero attached hydrogens (tertiary/aromatic N) is 4. The van der Waals surface area contributed by atoms with Gasteiger partial charge < -0.3 is 21.3 Å². The molecule has 5 atom stereocenters. The quantitative estimate of drug-likeness (QED) is 0.0406. The Morgan fingerprint density at radius 1 is 0.492 bits per heavy atom. The molecule has 0 heterocycles. The Labute approximate surface area is 399 Å². The molecule has 0 aliphatic rings. The molecule has 336 valence electrons. The average Bonchev–Trinajstić information content (AvgIpc) is 3.25. The highest BCUT2D eigenvalue weighted by molar-refractivity contribution is 6.37. The van der Waals surface area contributed by atoms with Gasteiger partial charge in [0.1, 0.15) is 11.4 Å². The van der Waals surface area contributed by atoms with Crippen LogP contribution in [0.2, 0.25) is 10.0 Å². The SMILES string of the molecule is CC(=O)C(N=Nc1cccc(C(=O)Nc2ccc(C(C)Cl)cc2)c1Cl)C(=O)Nc1ccc(NC(=O)C(N=Nc2cccc(C(=O)Nc3ccc(C(C)Cl)cc3)c2Cl)C(C)=O)c(C(C)Cl)c1. The van der Waals surface area contributed by atoms with E-state index in [0.717, 1.165) is 25.0 Å². The summed E-state index contributed by atoms with van der Waals surface area (Å²) in [5.74, 6) is -4.06. The molecule has 65 heavy (non-hydrogen) atoms. The normalized spacial score (nSPS) is 13.6. The van der Waals surface area contributed by atoms with Crippen LogP contribution in [0.15, 0.2) is 124 Å². The standard InChI is InChI=1S/C46H41Cl5N8O6/c1-23(47)28-12-16-30(17-13-28)52-43(62)33-8-6-10-37(39(33)50)56-58-41(26(4)60)45(64)54-32-20-21-36(35(22-32)25(3)49)55-46(65)42(27(5)61)59-57-38-11-7-9-34(40(38)51)44(63)53-31-18-14-29(15-19-31)24(2)48/h6-25,41-42H,1-5H3,(H,52,62)(H,53,63)(H,54,64)(H,55,65). The molecule has 0 aliphatic carbocycles. The smallest absolute Gasteiger partial charge is 0.258 e. The van der Waals surface area contributed by atoms with Crippen molar-refractivity contribution in [2.24, 2.45) is 20.5 Å². The first kappa shape index (κ1) is 50.0.